The zero-order valence-electron chi connectivity index (χ0n) is 17.3. The number of carbonyl (C=O) groups excluding carboxylic acids is 1. The normalized spacial score (nSPS) is 22.3. The molecule has 1 fully saturated rings. The number of ether oxygens (including phenoxy) is 2. The fourth-order valence-electron chi connectivity index (χ4n) is 4.54. The molecule has 0 unspecified atom stereocenters. The Morgan fingerprint density at radius 2 is 1.93 bits per heavy atom. The highest BCUT2D eigenvalue weighted by Gasteiger charge is 2.33. The summed E-state index contributed by atoms with van der Waals surface area (Å²) in [6.45, 7) is 5.85. The van der Waals surface area contributed by atoms with E-state index in [-0.39, 0.29) is 12.0 Å². The summed E-state index contributed by atoms with van der Waals surface area (Å²) in [7, 11) is 1.73. The third-order valence-corrected chi connectivity index (χ3v) is 6.11. The first-order chi connectivity index (χ1) is 14.1. The second-order valence-corrected chi connectivity index (χ2v) is 8.11. The van der Waals surface area contributed by atoms with Gasteiger partial charge in [-0.3, -0.25) is 9.69 Å². The molecule has 1 amide bonds. The average molecular weight is 395 g/mol. The van der Waals surface area contributed by atoms with Crippen LogP contribution in [0.1, 0.15) is 30.9 Å². The highest BCUT2D eigenvalue weighted by molar-refractivity contribution is 5.73. The number of benzene rings is 2. The molecule has 0 spiro atoms. The van der Waals surface area contributed by atoms with Crippen LogP contribution in [0, 0.1) is 5.92 Å². The van der Waals surface area contributed by atoms with E-state index in [4.69, 9.17) is 9.47 Å². The predicted octanol–water partition coefficient (Wildman–Crippen LogP) is 3.72. The Balaban J connectivity index is 1.50. The van der Waals surface area contributed by atoms with Crippen LogP contribution >= 0.6 is 0 Å². The second kappa shape index (κ2) is 8.87. The minimum Gasteiger partial charge on any atom is -0.496 e. The van der Waals surface area contributed by atoms with E-state index in [9.17, 15) is 4.79 Å². The lowest BCUT2D eigenvalue weighted by molar-refractivity contribution is -0.130. The van der Waals surface area contributed by atoms with Crippen molar-refractivity contribution < 1.29 is 14.3 Å². The number of likely N-dealkylation sites (tertiary alicyclic amines) is 1. The first kappa shape index (κ1) is 19.8. The summed E-state index contributed by atoms with van der Waals surface area (Å²) in [5, 5.41) is 0. The molecule has 2 aliphatic rings. The van der Waals surface area contributed by atoms with Gasteiger partial charge >= 0.3 is 0 Å². The fraction of sp³-hybridized carbons (Fsp3) is 0.458. The van der Waals surface area contributed by atoms with Crippen LogP contribution in [-0.4, -0.2) is 48.6 Å². The molecule has 0 radical (unpaired) electrons. The smallest absolute Gasteiger partial charge is 0.219 e. The van der Waals surface area contributed by atoms with Crippen LogP contribution in [0.5, 0.6) is 11.5 Å². The van der Waals surface area contributed by atoms with Crippen molar-refractivity contribution in [3.05, 3.63) is 59.7 Å². The fourth-order valence-corrected chi connectivity index (χ4v) is 4.54. The van der Waals surface area contributed by atoms with E-state index in [2.05, 4.69) is 23.1 Å². The van der Waals surface area contributed by atoms with Crippen LogP contribution in [0.25, 0.3) is 0 Å². The zero-order chi connectivity index (χ0) is 20.2. The summed E-state index contributed by atoms with van der Waals surface area (Å²) >= 11 is 0. The third-order valence-electron chi connectivity index (χ3n) is 6.11. The van der Waals surface area contributed by atoms with Crippen molar-refractivity contribution in [2.24, 2.45) is 5.92 Å². The van der Waals surface area contributed by atoms with Gasteiger partial charge in [0.25, 0.3) is 0 Å². The number of rotatable bonds is 4. The van der Waals surface area contributed by atoms with Gasteiger partial charge in [-0.05, 0) is 31.5 Å². The lowest BCUT2D eigenvalue weighted by Crippen LogP contribution is -2.46. The first-order valence-corrected chi connectivity index (χ1v) is 10.5. The van der Waals surface area contributed by atoms with Crippen LogP contribution < -0.4 is 9.47 Å². The van der Waals surface area contributed by atoms with Gasteiger partial charge in [-0.2, -0.15) is 0 Å². The van der Waals surface area contributed by atoms with Crippen LogP contribution in [0.3, 0.4) is 0 Å². The Morgan fingerprint density at radius 3 is 2.76 bits per heavy atom. The molecule has 4 rings (SSSR count). The van der Waals surface area contributed by atoms with Crippen molar-refractivity contribution >= 4 is 5.91 Å². The quantitative estimate of drug-likeness (QED) is 0.793. The van der Waals surface area contributed by atoms with Gasteiger partial charge in [-0.25, -0.2) is 0 Å². The van der Waals surface area contributed by atoms with Gasteiger partial charge in [-0.15, -0.1) is 0 Å². The van der Waals surface area contributed by atoms with Gasteiger partial charge in [0.05, 0.1) is 13.7 Å². The van der Waals surface area contributed by atoms with E-state index in [0.29, 0.717) is 19.0 Å². The van der Waals surface area contributed by atoms with E-state index in [1.165, 1.54) is 5.56 Å². The average Bonchev–Trinajstić information content (AvgIpc) is 2.94. The third kappa shape index (κ3) is 4.56. The number of carbonyl (C=O) groups is 1. The topological polar surface area (TPSA) is 42.0 Å². The molecule has 1 saturated heterocycles. The van der Waals surface area contributed by atoms with Crippen molar-refractivity contribution in [2.75, 3.05) is 26.7 Å². The highest BCUT2D eigenvalue weighted by Crippen LogP contribution is 2.31. The van der Waals surface area contributed by atoms with Crippen molar-refractivity contribution in [2.45, 2.75) is 39.0 Å². The Kier molecular flexibility index (Phi) is 6.05. The molecule has 0 aromatic heterocycles. The number of para-hydroxylation sites is 2. The summed E-state index contributed by atoms with van der Waals surface area (Å²) < 4.78 is 12.0. The van der Waals surface area contributed by atoms with Crippen LogP contribution in [-0.2, 0) is 17.9 Å². The zero-order valence-corrected chi connectivity index (χ0v) is 17.3. The molecule has 154 valence electrons. The molecule has 2 aromatic carbocycles. The molecular formula is C24H30N2O3. The molecule has 0 saturated carbocycles. The van der Waals surface area contributed by atoms with Crippen molar-refractivity contribution in [3.63, 3.8) is 0 Å². The number of hydrogen-bond donors (Lipinski definition) is 0. The van der Waals surface area contributed by atoms with Crippen molar-refractivity contribution in [3.8, 4) is 11.5 Å². The van der Waals surface area contributed by atoms with Gasteiger partial charge in [0.1, 0.15) is 17.6 Å². The largest absolute Gasteiger partial charge is 0.496 e. The number of nitrogens with zero attached hydrogens (tertiary/aromatic N) is 2. The molecule has 0 aliphatic carbocycles. The highest BCUT2D eigenvalue weighted by atomic mass is 16.5. The number of amides is 1. The van der Waals surface area contributed by atoms with Gasteiger partial charge in [0.2, 0.25) is 5.91 Å². The van der Waals surface area contributed by atoms with Crippen molar-refractivity contribution in [1.29, 1.82) is 0 Å². The molecule has 0 bridgehead atoms. The minimum absolute atomic E-state index is 0.0167. The molecular weight excluding hydrogens is 364 g/mol. The van der Waals surface area contributed by atoms with Gasteiger partial charge in [0.15, 0.2) is 0 Å². The maximum Gasteiger partial charge on any atom is 0.219 e. The summed E-state index contributed by atoms with van der Waals surface area (Å²) in [5.74, 6) is 2.36. The molecule has 2 aromatic rings. The number of fused-ring (bicyclic) bond motifs is 1. The maximum atomic E-state index is 12.2. The Hall–Kier alpha value is -2.53. The second-order valence-electron chi connectivity index (χ2n) is 8.11. The van der Waals surface area contributed by atoms with Crippen LogP contribution in [0.4, 0.5) is 0 Å². The number of methoxy groups -OCH3 is 1. The predicted molar refractivity (Wildman–Crippen MR) is 113 cm³/mol. The lowest BCUT2D eigenvalue weighted by Gasteiger charge is -2.37. The summed E-state index contributed by atoms with van der Waals surface area (Å²) in [5.41, 5.74) is 2.31. The molecule has 2 atom stereocenters. The molecule has 0 N–H and O–H groups in total. The van der Waals surface area contributed by atoms with Crippen molar-refractivity contribution in [1.82, 2.24) is 9.80 Å². The summed E-state index contributed by atoms with van der Waals surface area (Å²) in [6, 6.07) is 16.3. The first-order valence-electron chi connectivity index (χ1n) is 10.5. The van der Waals surface area contributed by atoms with Crippen LogP contribution in [0.15, 0.2) is 48.5 Å². The molecule has 29 heavy (non-hydrogen) atoms. The molecule has 2 heterocycles. The Morgan fingerprint density at radius 1 is 1.14 bits per heavy atom. The Bertz CT molecular complexity index is 854. The lowest BCUT2D eigenvalue weighted by atomic mass is 9.91. The van der Waals surface area contributed by atoms with Crippen LogP contribution in [0.2, 0.25) is 0 Å². The monoisotopic (exact) mass is 394 g/mol. The van der Waals surface area contributed by atoms with E-state index >= 15 is 0 Å². The van der Waals surface area contributed by atoms with E-state index in [1.807, 2.05) is 35.2 Å². The summed E-state index contributed by atoms with van der Waals surface area (Å²) in [4.78, 5) is 16.6. The molecule has 5 nitrogen and oxygen atoms in total. The Labute approximate surface area is 173 Å². The maximum absolute atomic E-state index is 12.2. The van der Waals surface area contributed by atoms with Gasteiger partial charge in [-0.1, -0.05) is 36.4 Å². The van der Waals surface area contributed by atoms with E-state index in [1.54, 1.807) is 14.0 Å². The minimum atomic E-state index is 0.0167. The van der Waals surface area contributed by atoms with E-state index in [0.717, 1.165) is 49.5 Å². The number of hydrogen-bond acceptors (Lipinski definition) is 4. The summed E-state index contributed by atoms with van der Waals surface area (Å²) in [6.07, 6.45) is 2.28. The SMILES string of the molecule is COc1ccccc1CN1CCC[C@H]([C@H]2CN(C(C)=O)Cc3ccccc3O2)C1. The van der Waals surface area contributed by atoms with E-state index < -0.39 is 0 Å². The number of piperidine rings is 1. The molecule has 2 aliphatic heterocycles. The molecule has 5 heteroatoms. The van der Waals surface area contributed by atoms with Gasteiger partial charge < -0.3 is 14.4 Å². The standard InChI is InChI=1S/C24H30N2O3/c1-18(27)26-16-21-9-4-6-12-23(21)29-24(17-26)20-10-7-13-25(15-20)14-19-8-3-5-11-22(19)28-2/h3-6,8-9,11-12,20,24H,7,10,13-17H2,1-2H3/t20-,24+/m0/s1. The van der Waals surface area contributed by atoms with Gasteiger partial charge in [0, 0.05) is 43.6 Å².